The molecule has 0 aliphatic carbocycles. The molecule has 33 heavy (non-hydrogen) atoms. The van der Waals surface area contributed by atoms with Gasteiger partial charge in [0.25, 0.3) is 11.8 Å². The summed E-state index contributed by atoms with van der Waals surface area (Å²) in [6.07, 6.45) is -5.35. The van der Waals surface area contributed by atoms with Gasteiger partial charge in [0.1, 0.15) is 11.8 Å². The first-order valence-corrected chi connectivity index (χ1v) is 10.1. The standard InChI is InChI=1S/C22H22F5N3O3/c1-4-12-13(5-6-14(23)17(12)24)16-10(2)21(3,22(25,26)27)33-18(16)20(32)30-11-7-8-29-15(9-11)19(28)31/h5-10,16,18H,4H2,1-3H3,(H2,28,31)(H,29,30,32)/t10-,16+,18-,21-/m0/s1. The fourth-order valence-electron chi connectivity index (χ4n) is 4.16. The van der Waals surface area contributed by atoms with Crippen molar-refractivity contribution < 1.29 is 36.3 Å². The number of nitrogens with two attached hydrogens (primary N) is 1. The van der Waals surface area contributed by atoms with Gasteiger partial charge < -0.3 is 15.8 Å². The van der Waals surface area contributed by atoms with Crippen molar-refractivity contribution in [3.8, 4) is 0 Å². The van der Waals surface area contributed by atoms with Gasteiger partial charge in [0, 0.05) is 23.7 Å². The average Bonchev–Trinajstić information content (AvgIpc) is 3.02. The minimum Gasteiger partial charge on any atom is -0.364 e. The number of anilines is 1. The number of nitrogens with one attached hydrogen (secondary N) is 1. The van der Waals surface area contributed by atoms with Gasteiger partial charge in [-0.1, -0.05) is 19.9 Å². The molecule has 178 valence electrons. The summed E-state index contributed by atoms with van der Waals surface area (Å²) in [5.41, 5.74) is 2.26. The molecule has 0 bridgehead atoms. The Morgan fingerprint density at radius 3 is 2.48 bits per heavy atom. The molecule has 1 fully saturated rings. The lowest BCUT2D eigenvalue weighted by Gasteiger charge is -2.32. The second kappa shape index (κ2) is 8.69. The Kier molecular flexibility index (Phi) is 6.47. The molecule has 1 aliphatic heterocycles. The van der Waals surface area contributed by atoms with Crippen LogP contribution in [0, 0.1) is 17.6 Å². The summed E-state index contributed by atoms with van der Waals surface area (Å²) in [4.78, 5) is 28.1. The Morgan fingerprint density at radius 1 is 1.24 bits per heavy atom. The fraction of sp³-hybridized carbons (Fsp3) is 0.409. The summed E-state index contributed by atoms with van der Waals surface area (Å²) >= 11 is 0. The topological polar surface area (TPSA) is 94.3 Å². The van der Waals surface area contributed by atoms with E-state index >= 15 is 0 Å². The second-order valence-corrected chi connectivity index (χ2v) is 8.02. The molecule has 4 atom stereocenters. The molecule has 2 aromatic rings. The molecule has 0 saturated carbocycles. The van der Waals surface area contributed by atoms with E-state index in [-0.39, 0.29) is 28.9 Å². The number of benzene rings is 1. The third kappa shape index (κ3) is 4.29. The van der Waals surface area contributed by atoms with Crippen molar-refractivity contribution >= 4 is 17.5 Å². The van der Waals surface area contributed by atoms with E-state index in [1.54, 1.807) is 0 Å². The molecule has 3 rings (SSSR count). The number of hydrogen-bond acceptors (Lipinski definition) is 4. The average molecular weight is 471 g/mol. The van der Waals surface area contributed by atoms with E-state index < -0.39 is 53.2 Å². The lowest BCUT2D eigenvalue weighted by molar-refractivity contribution is -0.272. The smallest absolute Gasteiger partial charge is 0.364 e. The van der Waals surface area contributed by atoms with Crippen LogP contribution < -0.4 is 11.1 Å². The van der Waals surface area contributed by atoms with Gasteiger partial charge in [-0.25, -0.2) is 8.78 Å². The SMILES string of the molecule is CCc1c([C@@H]2[C@@H](C(=O)Nc3ccnc(C(N)=O)c3)O[C@](C)(C(F)(F)F)[C@H]2C)ccc(F)c1F. The number of alkyl halides is 3. The third-order valence-electron chi connectivity index (χ3n) is 6.15. The van der Waals surface area contributed by atoms with Crippen molar-refractivity contribution in [2.24, 2.45) is 11.7 Å². The van der Waals surface area contributed by atoms with Crippen LogP contribution in [0.1, 0.15) is 48.3 Å². The fourth-order valence-corrected chi connectivity index (χ4v) is 4.16. The lowest BCUT2D eigenvalue weighted by Crippen LogP contribution is -2.47. The van der Waals surface area contributed by atoms with Gasteiger partial charge in [-0.15, -0.1) is 0 Å². The molecule has 3 N–H and O–H groups in total. The van der Waals surface area contributed by atoms with Crippen LogP contribution in [0.3, 0.4) is 0 Å². The number of carbonyl (C=O) groups is 2. The van der Waals surface area contributed by atoms with Crippen LogP contribution >= 0.6 is 0 Å². The van der Waals surface area contributed by atoms with E-state index in [0.717, 1.165) is 19.1 Å². The number of amides is 2. The molecule has 1 aromatic carbocycles. The van der Waals surface area contributed by atoms with Crippen LogP contribution in [0.15, 0.2) is 30.5 Å². The molecule has 11 heteroatoms. The van der Waals surface area contributed by atoms with Crippen LogP contribution in [0.2, 0.25) is 0 Å². The maximum absolute atomic E-state index is 14.5. The summed E-state index contributed by atoms with van der Waals surface area (Å²) in [5.74, 6) is -6.69. The van der Waals surface area contributed by atoms with Crippen LogP contribution in [0.4, 0.5) is 27.6 Å². The van der Waals surface area contributed by atoms with Crippen molar-refractivity contribution in [2.45, 2.75) is 51.0 Å². The summed E-state index contributed by atoms with van der Waals surface area (Å²) < 4.78 is 75.5. The third-order valence-corrected chi connectivity index (χ3v) is 6.15. The number of pyridine rings is 1. The van der Waals surface area contributed by atoms with Crippen molar-refractivity contribution in [1.29, 1.82) is 0 Å². The quantitative estimate of drug-likeness (QED) is 0.642. The zero-order valence-electron chi connectivity index (χ0n) is 18.0. The normalized spacial score (nSPS) is 25.2. The minimum atomic E-state index is -4.85. The molecule has 1 aliphatic rings. The molecule has 1 aromatic heterocycles. The van der Waals surface area contributed by atoms with E-state index in [4.69, 9.17) is 10.5 Å². The molecule has 0 unspecified atom stereocenters. The number of aromatic nitrogens is 1. The van der Waals surface area contributed by atoms with Crippen LogP contribution in [0.5, 0.6) is 0 Å². The lowest BCUT2D eigenvalue weighted by atomic mass is 9.75. The molecule has 2 heterocycles. The number of rotatable bonds is 5. The summed E-state index contributed by atoms with van der Waals surface area (Å²) in [6.45, 7) is 3.60. The van der Waals surface area contributed by atoms with Gasteiger partial charge in [0.05, 0.1) is 0 Å². The van der Waals surface area contributed by atoms with E-state index in [1.807, 2.05) is 0 Å². The van der Waals surface area contributed by atoms with Gasteiger partial charge in [-0.2, -0.15) is 13.2 Å². The van der Waals surface area contributed by atoms with Crippen molar-refractivity contribution in [1.82, 2.24) is 4.98 Å². The highest BCUT2D eigenvalue weighted by molar-refractivity contribution is 5.97. The predicted molar refractivity (Wildman–Crippen MR) is 108 cm³/mol. The van der Waals surface area contributed by atoms with E-state index in [2.05, 4.69) is 10.3 Å². The summed E-state index contributed by atoms with van der Waals surface area (Å²) in [7, 11) is 0. The summed E-state index contributed by atoms with van der Waals surface area (Å²) in [6, 6.07) is 4.47. The van der Waals surface area contributed by atoms with Crippen LogP contribution in [0.25, 0.3) is 0 Å². The Balaban J connectivity index is 2.07. The Hall–Kier alpha value is -3.08. The van der Waals surface area contributed by atoms with E-state index in [1.165, 1.54) is 32.2 Å². The number of nitrogens with zero attached hydrogens (tertiary/aromatic N) is 1. The number of halogens is 5. The highest BCUT2D eigenvalue weighted by Gasteiger charge is 2.65. The van der Waals surface area contributed by atoms with Gasteiger partial charge in [0.15, 0.2) is 17.2 Å². The van der Waals surface area contributed by atoms with Crippen LogP contribution in [-0.4, -0.2) is 34.7 Å². The molecule has 2 amide bonds. The van der Waals surface area contributed by atoms with Gasteiger partial charge in [0.2, 0.25) is 0 Å². The second-order valence-electron chi connectivity index (χ2n) is 8.02. The van der Waals surface area contributed by atoms with Crippen LogP contribution in [-0.2, 0) is 16.0 Å². The molecule has 0 radical (unpaired) electrons. The number of hydrogen-bond donors (Lipinski definition) is 2. The maximum atomic E-state index is 14.5. The van der Waals surface area contributed by atoms with Gasteiger partial charge in [-0.3, -0.25) is 14.6 Å². The first-order valence-electron chi connectivity index (χ1n) is 10.1. The summed E-state index contributed by atoms with van der Waals surface area (Å²) in [5, 5.41) is 2.41. The predicted octanol–water partition coefficient (Wildman–Crippen LogP) is 4.10. The zero-order chi connectivity index (χ0) is 24.7. The van der Waals surface area contributed by atoms with E-state index in [9.17, 15) is 31.5 Å². The van der Waals surface area contributed by atoms with Gasteiger partial charge >= 0.3 is 6.18 Å². The Bertz CT molecular complexity index is 1090. The largest absolute Gasteiger partial charge is 0.417 e. The molecular formula is C22H22F5N3O3. The van der Waals surface area contributed by atoms with Crippen molar-refractivity contribution in [3.63, 3.8) is 0 Å². The zero-order valence-corrected chi connectivity index (χ0v) is 18.0. The van der Waals surface area contributed by atoms with Gasteiger partial charge in [-0.05, 0) is 42.7 Å². The molecule has 1 saturated heterocycles. The van der Waals surface area contributed by atoms with Crippen molar-refractivity contribution in [2.75, 3.05) is 5.32 Å². The van der Waals surface area contributed by atoms with Crippen molar-refractivity contribution in [3.05, 3.63) is 58.9 Å². The number of ether oxygens (including phenoxy) is 1. The number of carbonyl (C=O) groups excluding carboxylic acids is 2. The van der Waals surface area contributed by atoms with E-state index in [0.29, 0.717) is 0 Å². The Morgan fingerprint density at radius 2 is 1.91 bits per heavy atom. The first-order chi connectivity index (χ1) is 15.3. The highest BCUT2D eigenvalue weighted by Crippen LogP contribution is 2.54. The highest BCUT2D eigenvalue weighted by atomic mass is 19.4. The molecular weight excluding hydrogens is 449 g/mol. The molecule has 0 spiro atoms. The monoisotopic (exact) mass is 471 g/mol. The molecule has 6 nitrogen and oxygen atoms in total. The maximum Gasteiger partial charge on any atom is 0.417 e. The Labute approximate surface area is 186 Å². The first kappa shape index (κ1) is 24.6. The minimum absolute atomic E-state index is 0.00839. The number of primary amides is 1.